The first-order valence-corrected chi connectivity index (χ1v) is 14.1. The Morgan fingerprint density at radius 2 is 1.62 bits per heavy atom. The third-order valence-electron chi connectivity index (χ3n) is 7.36. The summed E-state index contributed by atoms with van der Waals surface area (Å²) in [6, 6.07) is 19.3. The van der Waals surface area contributed by atoms with Crippen molar-refractivity contribution in [3.05, 3.63) is 101 Å². The third kappa shape index (κ3) is 8.12. The number of aliphatic hydroxyl groups is 1. The lowest BCUT2D eigenvalue weighted by molar-refractivity contribution is 0.0787. The van der Waals surface area contributed by atoms with Gasteiger partial charge in [-0.2, -0.15) is 0 Å². The largest absolute Gasteiger partial charge is 0.488 e. The van der Waals surface area contributed by atoms with E-state index >= 15 is 0 Å². The fraction of sp³-hybridized carbons (Fsp3) is 0.424. The molecule has 1 amide bonds. The van der Waals surface area contributed by atoms with E-state index in [0.29, 0.717) is 11.1 Å². The summed E-state index contributed by atoms with van der Waals surface area (Å²) in [7, 11) is 0. The molecule has 0 aliphatic heterocycles. The van der Waals surface area contributed by atoms with E-state index in [1.807, 2.05) is 39.0 Å². The highest BCUT2D eigenvalue weighted by molar-refractivity contribution is 5.94. The number of amides is 1. The highest BCUT2D eigenvalue weighted by Gasteiger charge is 2.35. The van der Waals surface area contributed by atoms with E-state index in [0.717, 1.165) is 49.5 Å². The van der Waals surface area contributed by atoms with Crippen molar-refractivity contribution in [2.45, 2.75) is 82.6 Å². The Morgan fingerprint density at radius 3 is 2.27 bits per heavy atom. The van der Waals surface area contributed by atoms with Gasteiger partial charge in [-0.3, -0.25) is 4.79 Å². The molecule has 3 aromatic carbocycles. The lowest BCUT2D eigenvalue weighted by Crippen LogP contribution is -2.53. The van der Waals surface area contributed by atoms with E-state index in [1.54, 1.807) is 24.3 Å². The Kier molecular flexibility index (Phi) is 9.59. The number of ether oxygens (including phenoxy) is 1. The van der Waals surface area contributed by atoms with Crippen LogP contribution in [0.4, 0.5) is 8.78 Å². The van der Waals surface area contributed by atoms with Crippen LogP contribution in [0.25, 0.3) is 0 Å². The Balaban J connectivity index is 1.56. The summed E-state index contributed by atoms with van der Waals surface area (Å²) in [6.07, 6.45) is 4.08. The van der Waals surface area contributed by atoms with Gasteiger partial charge in [0.2, 0.25) is 0 Å². The molecule has 1 aliphatic carbocycles. The molecule has 4 rings (SSSR count). The van der Waals surface area contributed by atoms with E-state index < -0.39 is 23.8 Å². The zero-order chi connectivity index (χ0) is 28.8. The first-order valence-electron chi connectivity index (χ1n) is 14.1. The minimum atomic E-state index is -1.02. The molecule has 2 atom stereocenters. The second-order valence-electron chi connectivity index (χ2n) is 11.8. The van der Waals surface area contributed by atoms with Crippen molar-refractivity contribution >= 4 is 5.91 Å². The van der Waals surface area contributed by atoms with E-state index in [-0.39, 0.29) is 30.0 Å². The number of nitrogens with one attached hydrogen (secondary N) is 2. The van der Waals surface area contributed by atoms with Crippen molar-refractivity contribution in [3.8, 4) is 5.75 Å². The van der Waals surface area contributed by atoms with Crippen molar-refractivity contribution in [1.82, 2.24) is 10.6 Å². The molecule has 3 aromatic rings. The third-order valence-corrected chi connectivity index (χ3v) is 7.36. The number of carbonyl (C=O) groups is 1. The molecule has 3 N–H and O–H groups in total. The summed E-state index contributed by atoms with van der Waals surface area (Å²) in [6.45, 7) is 6.22. The van der Waals surface area contributed by atoms with Gasteiger partial charge in [-0.05, 0) is 87.6 Å². The summed E-state index contributed by atoms with van der Waals surface area (Å²) < 4.78 is 34.0. The van der Waals surface area contributed by atoms with Gasteiger partial charge in [-0.25, -0.2) is 8.78 Å². The minimum Gasteiger partial charge on any atom is -0.488 e. The molecule has 0 bridgehead atoms. The van der Waals surface area contributed by atoms with Crippen molar-refractivity contribution in [2.24, 2.45) is 0 Å². The average molecular weight is 551 g/mol. The Labute approximate surface area is 236 Å². The zero-order valence-corrected chi connectivity index (χ0v) is 23.6. The van der Waals surface area contributed by atoms with Gasteiger partial charge in [-0.15, -0.1) is 0 Å². The normalized spacial score (nSPS) is 16.6. The van der Waals surface area contributed by atoms with Crippen LogP contribution in [0.1, 0.15) is 74.4 Å². The van der Waals surface area contributed by atoms with E-state index in [1.165, 1.54) is 12.1 Å². The second-order valence-corrected chi connectivity index (χ2v) is 11.8. The van der Waals surface area contributed by atoms with Crippen LogP contribution in [0.2, 0.25) is 0 Å². The van der Waals surface area contributed by atoms with E-state index in [4.69, 9.17) is 4.74 Å². The number of hydrogen-bond donors (Lipinski definition) is 3. The molecule has 0 unspecified atom stereocenters. The quantitative estimate of drug-likeness (QED) is 0.277. The molecule has 214 valence electrons. The highest BCUT2D eigenvalue weighted by atomic mass is 19.1. The van der Waals surface area contributed by atoms with Crippen LogP contribution in [0.3, 0.4) is 0 Å². The molecule has 1 fully saturated rings. The van der Waals surface area contributed by atoms with Gasteiger partial charge in [0.15, 0.2) is 0 Å². The standard InChI is InChI=1S/C33H40F2N2O3/c1-32(2,3)40-28-14-10-13-25(20-28)33(15-8-5-9-16-33)36-22-30(38)29(19-23-17-26(34)21-27(35)18-23)37-31(39)24-11-6-4-7-12-24/h4,6-7,10-14,17-18,20-21,29-30,36,38H,5,8-9,15-16,19,22H2,1-3H3,(H,37,39)/t29-,30+/m0/s1. The number of hydrogen-bond acceptors (Lipinski definition) is 4. The summed E-state index contributed by atoms with van der Waals surface area (Å²) >= 11 is 0. The SMILES string of the molecule is CC(C)(C)Oc1cccc(C2(NC[C@@H](O)[C@H](Cc3cc(F)cc(F)c3)NC(=O)c3ccccc3)CCCCC2)c1. The van der Waals surface area contributed by atoms with Crippen molar-refractivity contribution in [3.63, 3.8) is 0 Å². The van der Waals surface area contributed by atoms with Crippen LogP contribution in [-0.4, -0.2) is 35.3 Å². The molecule has 0 aromatic heterocycles. The first-order chi connectivity index (χ1) is 19.0. The van der Waals surface area contributed by atoms with Gasteiger partial charge in [0.25, 0.3) is 5.91 Å². The molecule has 0 radical (unpaired) electrons. The molecule has 0 saturated heterocycles. The molecular weight excluding hydrogens is 510 g/mol. The summed E-state index contributed by atoms with van der Waals surface area (Å²) in [5.74, 6) is -0.970. The van der Waals surface area contributed by atoms with Gasteiger partial charge in [0, 0.05) is 23.7 Å². The maximum atomic E-state index is 14.0. The van der Waals surface area contributed by atoms with Crippen LogP contribution >= 0.6 is 0 Å². The maximum absolute atomic E-state index is 14.0. The maximum Gasteiger partial charge on any atom is 0.251 e. The van der Waals surface area contributed by atoms with E-state index in [2.05, 4.69) is 22.8 Å². The predicted molar refractivity (Wildman–Crippen MR) is 153 cm³/mol. The van der Waals surface area contributed by atoms with Crippen molar-refractivity contribution < 1.29 is 23.4 Å². The van der Waals surface area contributed by atoms with Crippen molar-refractivity contribution in [2.75, 3.05) is 6.54 Å². The Hall–Kier alpha value is -3.29. The van der Waals surface area contributed by atoms with Gasteiger partial charge in [0.05, 0.1) is 12.1 Å². The summed E-state index contributed by atoms with van der Waals surface area (Å²) in [4.78, 5) is 13.0. The lowest BCUT2D eigenvalue weighted by Gasteiger charge is -2.40. The molecule has 1 saturated carbocycles. The van der Waals surface area contributed by atoms with Gasteiger partial charge in [-0.1, -0.05) is 49.6 Å². The summed E-state index contributed by atoms with van der Waals surface area (Å²) in [5, 5.41) is 18.0. The molecule has 7 heteroatoms. The number of benzene rings is 3. The molecule has 40 heavy (non-hydrogen) atoms. The first kappa shape index (κ1) is 29.7. The van der Waals surface area contributed by atoms with Gasteiger partial charge >= 0.3 is 0 Å². The Morgan fingerprint density at radius 1 is 0.950 bits per heavy atom. The molecular formula is C33H40F2N2O3. The fourth-order valence-electron chi connectivity index (χ4n) is 5.48. The smallest absolute Gasteiger partial charge is 0.251 e. The minimum absolute atomic E-state index is 0.0675. The van der Waals surface area contributed by atoms with E-state index in [9.17, 15) is 18.7 Å². The number of rotatable bonds is 10. The Bertz CT molecular complexity index is 1250. The molecule has 1 aliphatic rings. The molecule has 0 spiro atoms. The van der Waals surface area contributed by atoms with Gasteiger partial charge in [0.1, 0.15) is 23.0 Å². The van der Waals surface area contributed by atoms with Crippen LogP contribution in [0, 0.1) is 11.6 Å². The lowest BCUT2D eigenvalue weighted by atomic mass is 9.76. The van der Waals surface area contributed by atoms with Crippen LogP contribution in [0.5, 0.6) is 5.75 Å². The second kappa shape index (κ2) is 12.9. The van der Waals surface area contributed by atoms with Crippen LogP contribution < -0.4 is 15.4 Å². The topological polar surface area (TPSA) is 70.6 Å². The average Bonchev–Trinajstić information content (AvgIpc) is 2.91. The molecule has 5 nitrogen and oxygen atoms in total. The molecule has 0 heterocycles. The van der Waals surface area contributed by atoms with Crippen LogP contribution in [0.15, 0.2) is 72.8 Å². The number of carbonyl (C=O) groups excluding carboxylic acids is 1. The summed E-state index contributed by atoms with van der Waals surface area (Å²) in [5.41, 5.74) is 1.20. The number of halogens is 2. The zero-order valence-electron chi connectivity index (χ0n) is 23.6. The van der Waals surface area contributed by atoms with Crippen LogP contribution in [-0.2, 0) is 12.0 Å². The van der Waals surface area contributed by atoms with Crippen molar-refractivity contribution in [1.29, 1.82) is 0 Å². The monoisotopic (exact) mass is 550 g/mol. The fourth-order valence-corrected chi connectivity index (χ4v) is 5.48. The van der Waals surface area contributed by atoms with Gasteiger partial charge < -0.3 is 20.5 Å². The predicted octanol–water partition coefficient (Wildman–Crippen LogP) is 6.29. The number of aliphatic hydroxyl groups excluding tert-OH is 1. The highest BCUT2D eigenvalue weighted by Crippen LogP contribution is 2.38.